The summed E-state index contributed by atoms with van der Waals surface area (Å²) in [4.78, 5) is 23.8. The minimum Gasteiger partial charge on any atom is -0.481 e. The summed E-state index contributed by atoms with van der Waals surface area (Å²) >= 11 is 0. The van der Waals surface area contributed by atoms with Gasteiger partial charge in [0.05, 0.1) is 17.0 Å². The molecule has 4 nitrogen and oxygen atoms in total. The van der Waals surface area contributed by atoms with Crippen LogP contribution in [0.1, 0.15) is 40.7 Å². The molecular weight excluding hydrogens is 397 g/mol. The van der Waals surface area contributed by atoms with Crippen molar-refractivity contribution < 1.29 is 36.6 Å². The number of rotatable bonds is 4. The Morgan fingerprint density at radius 3 is 2.38 bits per heavy atom. The van der Waals surface area contributed by atoms with Gasteiger partial charge in [-0.3, -0.25) is 9.59 Å². The Balaban J connectivity index is 0.000000253. The Kier molecular flexibility index (Phi) is 6.73. The third-order valence-electron chi connectivity index (χ3n) is 4.21. The molecule has 29 heavy (non-hydrogen) atoms. The number of aliphatic carboxylic acids is 1. The van der Waals surface area contributed by atoms with E-state index in [2.05, 4.69) is 4.98 Å². The number of nitrogens with one attached hydrogen (secondary N) is 1. The predicted octanol–water partition coefficient (Wildman–Crippen LogP) is 5.54. The van der Waals surface area contributed by atoms with Crippen LogP contribution in [0.5, 0.6) is 0 Å². The van der Waals surface area contributed by atoms with Gasteiger partial charge in [-0.15, -0.1) is 0 Å². The number of carbonyl (C=O) groups is 2. The number of aromatic nitrogens is 1. The number of hydrogen-bond donors (Lipinski definition) is 2. The number of carbonyl (C=O) groups excluding carboxylic acids is 1. The van der Waals surface area contributed by atoms with Gasteiger partial charge in [-0.1, -0.05) is 13.0 Å². The van der Waals surface area contributed by atoms with Gasteiger partial charge in [-0.25, -0.2) is 8.78 Å². The SMILES string of the molecule is CCC(C(=O)O)c1c[nH]c2cc(C(F)(F)F)ccc12.O=Cc1ccc(F)cc1F. The van der Waals surface area contributed by atoms with E-state index in [-0.39, 0.29) is 5.56 Å². The van der Waals surface area contributed by atoms with Crippen LogP contribution in [0.2, 0.25) is 0 Å². The van der Waals surface area contributed by atoms with Crippen LogP contribution in [0.25, 0.3) is 10.9 Å². The van der Waals surface area contributed by atoms with Crippen molar-refractivity contribution in [1.82, 2.24) is 4.98 Å². The zero-order chi connectivity index (χ0) is 21.8. The molecule has 1 heterocycles. The van der Waals surface area contributed by atoms with Gasteiger partial charge in [0.2, 0.25) is 0 Å². The summed E-state index contributed by atoms with van der Waals surface area (Å²) in [7, 11) is 0. The minimum absolute atomic E-state index is 0.124. The fourth-order valence-corrected chi connectivity index (χ4v) is 2.74. The van der Waals surface area contributed by atoms with Crippen LogP contribution in [0, 0.1) is 11.6 Å². The molecule has 0 aliphatic carbocycles. The van der Waals surface area contributed by atoms with E-state index in [4.69, 9.17) is 5.11 Å². The first kappa shape index (κ1) is 22.1. The average molecular weight is 413 g/mol. The summed E-state index contributed by atoms with van der Waals surface area (Å²) in [6, 6.07) is 6.07. The maximum atomic E-state index is 12.6. The largest absolute Gasteiger partial charge is 0.481 e. The van der Waals surface area contributed by atoms with Crippen molar-refractivity contribution in [2.75, 3.05) is 0 Å². The van der Waals surface area contributed by atoms with Gasteiger partial charge >= 0.3 is 12.1 Å². The first-order valence-electron chi connectivity index (χ1n) is 8.39. The van der Waals surface area contributed by atoms with Crippen molar-refractivity contribution >= 4 is 23.2 Å². The summed E-state index contributed by atoms with van der Waals surface area (Å²) in [5, 5.41) is 9.61. The summed E-state index contributed by atoms with van der Waals surface area (Å²) in [5.74, 6) is -3.20. The van der Waals surface area contributed by atoms with Crippen LogP contribution in [0.15, 0.2) is 42.6 Å². The van der Waals surface area contributed by atoms with Gasteiger partial charge in [0.1, 0.15) is 11.6 Å². The maximum Gasteiger partial charge on any atom is 0.416 e. The van der Waals surface area contributed by atoms with Crippen LogP contribution in [0.4, 0.5) is 22.0 Å². The van der Waals surface area contributed by atoms with Gasteiger partial charge in [-0.05, 0) is 36.2 Å². The van der Waals surface area contributed by atoms with Gasteiger partial charge < -0.3 is 10.1 Å². The molecule has 2 N–H and O–H groups in total. The lowest BCUT2D eigenvalue weighted by Gasteiger charge is -2.09. The molecule has 0 spiro atoms. The summed E-state index contributed by atoms with van der Waals surface area (Å²) in [6.45, 7) is 1.72. The topological polar surface area (TPSA) is 70.2 Å². The maximum absolute atomic E-state index is 12.6. The number of aromatic amines is 1. The van der Waals surface area contributed by atoms with Gasteiger partial charge in [0, 0.05) is 23.2 Å². The summed E-state index contributed by atoms with van der Waals surface area (Å²) in [6.07, 6.45) is -2.22. The molecule has 0 aliphatic rings. The van der Waals surface area contributed by atoms with Crippen LogP contribution in [-0.2, 0) is 11.0 Å². The molecule has 0 radical (unpaired) electrons. The fraction of sp³-hybridized carbons (Fsp3) is 0.200. The van der Waals surface area contributed by atoms with Crippen molar-refractivity contribution in [3.63, 3.8) is 0 Å². The van der Waals surface area contributed by atoms with E-state index in [0.717, 1.165) is 24.3 Å². The molecule has 1 aromatic heterocycles. The zero-order valence-electron chi connectivity index (χ0n) is 15.1. The van der Waals surface area contributed by atoms with E-state index < -0.39 is 35.3 Å². The molecule has 3 rings (SSSR count). The van der Waals surface area contributed by atoms with Crippen molar-refractivity contribution in [2.24, 2.45) is 0 Å². The standard InChI is InChI=1S/C13H12F3NO2.C7H4F2O/c1-2-8(12(18)19)10-6-17-11-5-7(13(14,15)16)3-4-9(10)11;8-6-2-1-5(4-10)7(9)3-6/h3-6,8,17H,2H2,1H3,(H,18,19);1-4H. The molecule has 3 aromatic rings. The molecule has 0 amide bonds. The van der Waals surface area contributed by atoms with Gasteiger partial charge in [-0.2, -0.15) is 13.2 Å². The predicted molar refractivity (Wildman–Crippen MR) is 95.7 cm³/mol. The molecule has 0 saturated carbocycles. The monoisotopic (exact) mass is 413 g/mol. The second kappa shape index (κ2) is 8.85. The molecule has 0 bridgehead atoms. The number of hydrogen-bond acceptors (Lipinski definition) is 2. The summed E-state index contributed by atoms with van der Waals surface area (Å²) < 4.78 is 62.2. The number of alkyl halides is 3. The minimum atomic E-state index is -4.41. The van der Waals surface area contributed by atoms with Crippen molar-refractivity contribution in [3.05, 3.63) is 70.9 Å². The van der Waals surface area contributed by atoms with Gasteiger partial charge in [0.15, 0.2) is 6.29 Å². The highest BCUT2D eigenvalue weighted by molar-refractivity contribution is 5.89. The lowest BCUT2D eigenvalue weighted by molar-refractivity contribution is -0.139. The molecule has 1 unspecified atom stereocenters. The van der Waals surface area contributed by atoms with E-state index in [1.54, 1.807) is 6.92 Å². The highest BCUT2D eigenvalue weighted by Gasteiger charge is 2.31. The highest BCUT2D eigenvalue weighted by atomic mass is 19.4. The van der Waals surface area contributed by atoms with Crippen molar-refractivity contribution in [1.29, 1.82) is 0 Å². The van der Waals surface area contributed by atoms with E-state index >= 15 is 0 Å². The van der Waals surface area contributed by atoms with Crippen molar-refractivity contribution in [3.8, 4) is 0 Å². The van der Waals surface area contributed by atoms with E-state index in [0.29, 0.717) is 35.2 Å². The lowest BCUT2D eigenvalue weighted by atomic mass is 9.96. The Morgan fingerprint density at radius 2 is 1.86 bits per heavy atom. The van der Waals surface area contributed by atoms with E-state index in [1.807, 2.05) is 0 Å². The van der Waals surface area contributed by atoms with Crippen LogP contribution in [0.3, 0.4) is 0 Å². The number of fused-ring (bicyclic) bond motifs is 1. The highest BCUT2D eigenvalue weighted by Crippen LogP contribution is 2.34. The molecule has 154 valence electrons. The van der Waals surface area contributed by atoms with Crippen LogP contribution in [-0.4, -0.2) is 22.3 Å². The first-order valence-corrected chi connectivity index (χ1v) is 8.39. The fourth-order valence-electron chi connectivity index (χ4n) is 2.74. The Hall–Kier alpha value is -3.23. The first-order chi connectivity index (χ1) is 13.6. The number of aldehydes is 1. The number of halogens is 5. The van der Waals surface area contributed by atoms with Crippen LogP contribution < -0.4 is 0 Å². The van der Waals surface area contributed by atoms with E-state index in [1.165, 1.54) is 12.3 Å². The lowest BCUT2D eigenvalue weighted by Crippen LogP contribution is -2.10. The number of carboxylic acids is 1. The zero-order valence-corrected chi connectivity index (χ0v) is 15.1. The Morgan fingerprint density at radius 1 is 1.17 bits per heavy atom. The molecule has 9 heteroatoms. The normalized spacial score (nSPS) is 12.2. The second-order valence-corrected chi connectivity index (χ2v) is 6.08. The second-order valence-electron chi connectivity index (χ2n) is 6.08. The van der Waals surface area contributed by atoms with Crippen molar-refractivity contribution in [2.45, 2.75) is 25.4 Å². The Bertz CT molecular complexity index is 1030. The third kappa shape index (κ3) is 5.18. The van der Waals surface area contributed by atoms with E-state index in [9.17, 15) is 31.5 Å². The molecule has 0 aliphatic heterocycles. The molecular formula is C20H16F5NO3. The van der Waals surface area contributed by atoms with Gasteiger partial charge in [0.25, 0.3) is 0 Å². The number of H-pyrrole nitrogens is 1. The molecule has 2 aromatic carbocycles. The number of benzene rings is 2. The molecule has 0 fully saturated rings. The third-order valence-corrected chi connectivity index (χ3v) is 4.21. The molecule has 1 atom stereocenters. The quantitative estimate of drug-likeness (QED) is 0.436. The Labute approximate surface area is 162 Å². The number of carboxylic acid groups (broad SMARTS) is 1. The average Bonchev–Trinajstić information content (AvgIpc) is 3.05. The van der Waals surface area contributed by atoms with Crippen LogP contribution >= 0.6 is 0 Å². The smallest absolute Gasteiger partial charge is 0.416 e. The molecule has 0 saturated heterocycles. The summed E-state index contributed by atoms with van der Waals surface area (Å²) in [5.41, 5.74) is -0.0681.